The van der Waals surface area contributed by atoms with Crippen molar-refractivity contribution >= 4 is 22.5 Å². The molecule has 0 aliphatic heterocycles. The SMILES string of the molecule is NC1CC(C(=O)Nc2c[nH]c3ccccc23)C1. The van der Waals surface area contributed by atoms with Gasteiger partial charge in [-0.2, -0.15) is 0 Å². The van der Waals surface area contributed by atoms with Gasteiger partial charge in [0.2, 0.25) is 5.91 Å². The summed E-state index contributed by atoms with van der Waals surface area (Å²) in [5.41, 5.74) is 7.57. The van der Waals surface area contributed by atoms with Crippen LogP contribution in [0.4, 0.5) is 5.69 Å². The first-order chi connectivity index (χ1) is 8.24. The summed E-state index contributed by atoms with van der Waals surface area (Å²) in [4.78, 5) is 15.0. The van der Waals surface area contributed by atoms with Gasteiger partial charge < -0.3 is 16.0 Å². The molecule has 3 rings (SSSR count). The molecule has 4 heteroatoms. The Morgan fingerprint density at radius 2 is 2.12 bits per heavy atom. The second-order valence-corrected chi connectivity index (χ2v) is 4.67. The lowest BCUT2D eigenvalue weighted by atomic mass is 9.80. The number of nitrogens with one attached hydrogen (secondary N) is 2. The Labute approximate surface area is 99.2 Å². The summed E-state index contributed by atoms with van der Waals surface area (Å²) in [5, 5.41) is 4.01. The summed E-state index contributed by atoms with van der Waals surface area (Å²) in [6, 6.07) is 8.12. The normalized spacial score (nSPS) is 23.4. The summed E-state index contributed by atoms with van der Waals surface area (Å²) in [6.07, 6.45) is 3.43. The second kappa shape index (κ2) is 3.89. The van der Waals surface area contributed by atoms with Gasteiger partial charge in [0.15, 0.2) is 0 Å². The Morgan fingerprint density at radius 1 is 1.35 bits per heavy atom. The number of benzene rings is 1. The van der Waals surface area contributed by atoms with Crippen LogP contribution in [0.2, 0.25) is 0 Å². The minimum absolute atomic E-state index is 0.0800. The minimum atomic E-state index is 0.0800. The van der Waals surface area contributed by atoms with E-state index >= 15 is 0 Å². The van der Waals surface area contributed by atoms with Crippen molar-refractivity contribution < 1.29 is 4.79 Å². The minimum Gasteiger partial charge on any atom is -0.359 e. The van der Waals surface area contributed by atoms with Gasteiger partial charge in [-0.05, 0) is 18.9 Å². The van der Waals surface area contributed by atoms with Crippen molar-refractivity contribution in [3.8, 4) is 0 Å². The quantitative estimate of drug-likeness (QED) is 0.735. The maximum Gasteiger partial charge on any atom is 0.227 e. The zero-order valence-corrected chi connectivity index (χ0v) is 9.44. The lowest BCUT2D eigenvalue weighted by Gasteiger charge is -2.30. The second-order valence-electron chi connectivity index (χ2n) is 4.67. The molecule has 0 spiro atoms. The van der Waals surface area contributed by atoms with Crippen molar-refractivity contribution in [2.75, 3.05) is 5.32 Å². The molecule has 1 aliphatic carbocycles. The van der Waals surface area contributed by atoms with E-state index in [1.54, 1.807) is 0 Å². The van der Waals surface area contributed by atoms with Crippen LogP contribution in [-0.2, 0) is 4.79 Å². The van der Waals surface area contributed by atoms with E-state index in [4.69, 9.17) is 5.73 Å². The molecule has 4 nitrogen and oxygen atoms in total. The maximum atomic E-state index is 11.9. The molecule has 1 heterocycles. The van der Waals surface area contributed by atoms with Crippen LogP contribution >= 0.6 is 0 Å². The first-order valence-electron chi connectivity index (χ1n) is 5.86. The largest absolute Gasteiger partial charge is 0.359 e. The van der Waals surface area contributed by atoms with Gasteiger partial charge in [0.25, 0.3) is 0 Å². The topological polar surface area (TPSA) is 70.9 Å². The number of nitrogens with two attached hydrogens (primary N) is 1. The summed E-state index contributed by atoms with van der Waals surface area (Å²) >= 11 is 0. The van der Waals surface area contributed by atoms with Crippen molar-refractivity contribution in [2.45, 2.75) is 18.9 Å². The predicted molar refractivity (Wildman–Crippen MR) is 67.6 cm³/mol. The Hall–Kier alpha value is -1.81. The molecular weight excluding hydrogens is 214 g/mol. The van der Waals surface area contributed by atoms with E-state index in [9.17, 15) is 4.79 Å². The number of aromatic amines is 1. The highest BCUT2D eigenvalue weighted by Crippen LogP contribution is 2.28. The van der Waals surface area contributed by atoms with Crippen molar-refractivity contribution in [3.63, 3.8) is 0 Å². The van der Waals surface area contributed by atoms with Gasteiger partial charge in [0.05, 0.1) is 5.69 Å². The zero-order valence-electron chi connectivity index (χ0n) is 9.44. The molecule has 0 atom stereocenters. The van der Waals surface area contributed by atoms with E-state index in [1.807, 2.05) is 30.5 Å². The summed E-state index contributed by atoms with van der Waals surface area (Å²) in [6.45, 7) is 0. The molecule has 1 saturated carbocycles. The van der Waals surface area contributed by atoms with Crippen molar-refractivity contribution in [3.05, 3.63) is 30.5 Å². The van der Waals surface area contributed by atoms with Gasteiger partial charge in [-0.3, -0.25) is 4.79 Å². The van der Waals surface area contributed by atoms with Crippen LogP contribution in [0.1, 0.15) is 12.8 Å². The van der Waals surface area contributed by atoms with Crippen LogP contribution < -0.4 is 11.1 Å². The van der Waals surface area contributed by atoms with Crippen LogP contribution in [0, 0.1) is 5.92 Å². The fraction of sp³-hybridized carbons (Fsp3) is 0.308. The number of anilines is 1. The number of amides is 1. The number of hydrogen-bond donors (Lipinski definition) is 3. The molecule has 17 heavy (non-hydrogen) atoms. The van der Waals surface area contributed by atoms with Gasteiger partial charge in [-0.15, -0.1) is 0 Å². The Balaban J connectivity index is 1.78. The standard InChI is InChI=1S/C13H15N3O/c14-9-5-8(6-9)13(17)16-12-7-15-11-4-2-1-3-10(11)12/h1-4,7-9,15H,5-6,14H2,(H,16,17). The highest BCUT2D eigenvalue weighted by molar-refractivity contribution is 6.02. The van der Waals surface area contributed by atoms with E-state index in [0.29, 0.717) is 0 Å². The summed E-state index contributed by atoms with van der Waals surface area (Å²) < 4.78 is 0. The number of carbonyl (C=O) groups is 1. The molecular formula is C13H15N3O. The number of carbonyl (C=O) groups excluding carboxylic acids is 1. The number of aromatic nitrogens is 1. The Kier molecular flexibility index (Phi) is 2.37. The highest BCUT2D eigenvalue weighted by atomic mass is 16.1. The van der Waals surface area contributed by atoms with E-state index < -0.39 is 0 Å². The van der Waals surface area contributed by atoms with Gasteiger partial charge in [-0.1, -0.05) is 18.2 Å². The van der Waals surface area contributed by atoms with E-state index in [0.717, 1.165) is 29.4 Å². The average Bonchev–Trinajstić information content (AvgIpc) is 2.69. The highest BCUT2D eigenvalue weighted by Gasteiger charge is 2.32. The van der Waals surface area contributed by atoms with Crippen LogP contribution in [0.25, 0.3) is 10.9 Å². The number of H-pyrrole nitrogens is 1. The molecule has 2 aromatic rings. The van der Waals surface area contributed by atoms with Gasteiger partial charge in [0.1, 0.15) is 0 Å². The van der Waals surface area contributed by atoms with Gasteiger partial charge in [0, 0.05) is 29.1 Å². The fourth-order valence-electron chi connectivity index (χ4n) is 2.29. The van der Waals surface area contributed by atoms with Gasteiger partial charge in [-0.25, -0.2) is 0 Å². The summed E-state index contributed by atoms with van der Waals surface area (Å²) in [5.74, 6) is 0.162. The number of hydrogen-bond acceptors (Lipinski definition) is 2. The molecule has 0 bridgehead atoms. The molecule has 88 valence electrons. The third-order valence-corrected chi connectivity index (χ3v) is 3.39. The van der Waals surface area contributed by atoms with E-state index in [2.05, 4.69) is 10.3 Å². The summed E-state index contributed by atoms with van der Waals surface area (Å²) in [7, 11) is 0. The van der Waals surface area contributed by atoms with Crippen LogP contribution in [0.15, 0.2) is 30.5 Å². The molecule has 0 unspecified atom stereocenters. The first-order valence-corrected chi connectivity index (χ1v) is 5.86. The Morgan fingerprint density at radius 3 is 2.88 bits per heavy atom. The smallest absolute Gasteiger partial charge is 0.227 e. The number of rotatable bonds is 2. The third kappa shape index (κ3) is 1.80. The van der Waals surface area contributed by atoms with Crippen LogP contribution in [0.5, 0.6) is 0 Å². The molecule has 1 aromatic carbocycles. The lowest BCUT2D eigenvalue weighted by Crippen LogP contribution is -2.42. The molecule has 1 aromatic heterocycles. The van der Waals surface area contributed by atoms with E-state index in [-0.39, 0.29) is 17.9 Å². The first kappa shape index (κ1) is 10.4. The van der Waals surface area contributed by atoms with Crippen molar-refractivity contribution in [2.24, 2.45) is 11.7 Å². The lowest BCUT2D eigenvalue weighted by molar-refractivity contribution is -0.122. The zero-order chi connectivity index (χ0) is 11.8. The number of fused-ring (bicyclic) bond motifs is 1. The fourth-order valence-corrected chi connectivity index (χ4v) is 2.29. The monoisotopic (exact) mass is 229 g/mol. The average molecular weight is 229 g/mol. The molecule has 1 amide bonds. The predicted octanol–water partition coefficient (Wildman–Crippen LogP) is 1.84. The van der Waals surface area contributed by atoms with E-state index in [1.165, 1.54) is 0 Å². The third-order valence-electron chi connectivity index (χ3n) is 3.39. The van der Waals surface area contributed by atoms with Crippen LogP contribution in [0.3, 0.4) is 0 Å². The van der Waals surface area contributed by atoms with Crippen LogP contribution in [-0.4, -0.2) is 16.9 Å². The molecule has 0 radical (unpaired) electrons. The molecule has 1 fully saturated rings. The number of para-hydroxylation sites is 1. The van der Waals surface area contributed by atoms with Gasteiger partial charge >= 0.3 is 0 Å². The Bertz CT molecular complexity index is 555. The molecule has 1 aliphatic rings. The maximum absolute atomic E-state index is 11.9. The van der Waals surface area contributed by atoms with Crippen molar-refractivity contribution in [1.82, 2.24) is 4.98 Å². The van der Waals surface area contributed by atoms with Crippen molar-refractivity contribution in [1.29, 1.82) is 0 Å². The molecule has 0 saturated heterocycles. The molecule has 4 N–H and O–H groups in total.